The fraction of sp³-hybridized carbons (Fsp3) is 0.833. The Kier molecular flexibility index (Phi) is 5.49. The van der Waals surface area contributed by atoms with Gasteiger partial charge in [0.05, 0.1) is 10.6 Å². The van der Waals surface area contributed by atoms with Gasteiger partial charge in [-0.3, -0.25) is 0 Å². The minimum atomic E-state index is 0.0909. The average molecular weight is 256 g/mol. The summed E-state index contributed by atoms with van der Waals surface area (Å²) in [6.45, 7) is 9.59. The van der Waals surface area contributed by atoms with E-state index in [0.717, 1.165) is 25.3 Å². The van der Waals surface area contributed by atoms with Crippen LogP contribution in [0.1, 0.15) is 37.8 Å². The topological polar surface area (TPSA) is 41.0 Å². The Morgan fingerprint density at radius 3 is 2.59 bits per heavy atom. The summed E-state index contributed by atoms with van der Waals surface area (Å²) in [6, 6.07) is 0. The highest BCUT2D eigenvalue weighted by molar-refractivity contribution is 7.05. The van der Waals surface area contributed by atoms with Gasteiger partial charge in [0.25, 0.3) is 0 Å². The van der Waals surface area contributed by atoms with E-state index < -0.39 is 0 Å². The monoisotopic (exact) mass is 256 g/mol. The lowest BCUT2D eigenvalue weighted by molar-refractivity contribution is 0.394. The Hall–Kier alpha value is -0.520. The van der Waals surface area contributed by atoms with Crippen molar-refractivity contribution < 1.29 is 0 Å². The quantitative estimate of drug-likeness (QED) is 0.789. The Labute approximate surface area is 109 Å². The van der Waals surface area contributed by atoms with E-state index in [1.165, 1.54) is 22.8 Å². The van der Waals surface area contributed by atoms with Crippen LogP contribution in [0.2, 0.25) is 0 Å². The lowest BCUT2D eigenvalue weighted by Gasteiger charge is -2.16. The normalized spacial score (nSPS) is 12.4. The lowest BCUT2D eigenvalue weighted by atomic mass is 9.91. The van der Waals surface area contributed by atoms with Crippen molar-refractivity contribution in [1.82, 2.24) is 19.8 Å². The zero-order valence-electron chi connectivity index (χ0n) is 11.6. The van der Waals surface area contributed by atoms with Crippen molar-refractivity contribution in [2.24, 2.45) is 0 Å². The number of rotatable bonds is 6. The molecule has 0 amide bonds. The van der Waals surface area contributed by atoms with E-state index in [-0.39, 0.29) is 5.41 Å². The molecule has 0 saturated heterocycles. The predicted molar refractivity (Wildman–Crippen MR) is 73.5 cm³/mol. The van der Waals surface area contributed by atoms with Crippen molar-refractivity contribution in [3.63, 3.8) is 0 Å². The Balaban J connectivity index is 2.35. The van der Waals surface area contributed by atoms with Crippen LogP contribution in [-0.4, -0.2) is 41.7 Å². The first kappa shape index (κ1) is 14.5. The third-order valence-corrected chi connectivity index (χ3v) is 3.23. The zero-order valence-corrected chi connectivity index (χ0v) is 12.4. The first-order chi connectivity index (χ1) is 7.91. The average Bonchev–Trinajstić information content (AvgIpc) is 2.64. The number of hydrogen-bond donors (Lipinski definition) is 1. The molecule has 0 fully saturated rings. The molecule has 0 aliphatic carbocycles. The molecule has 0 unspecified atom stereocenters. The summed E-state index contributed by atoms with van der Waals surface area (Å²) in [7, 11) is 4.20. The molecule has 0 aromatic carbocycles. The maximum atomic E-state index is 4.23. The minimum Gasteiger partial charge on any atom is -0.312 e. The van der Waals surface area contributed by atoms with Crippen LogP contribution in [0.25, 0.3) is 0 Å². The van der Waals surface area contributed by atoms with Crippen LogP contribution < -0.4 is 5.32 Å². The van der Waals surface area contributed by atoms with Crippen molar-refractivity contribution >= 4 is 11.5 Å². The molecule has 1 aromatic rings. The van der Waals surface area contributed by atoms with Crippen LogP contribution in [0.15, 0.2) is 0 Å². The molecule has 0 saturated carbocycles. The number of nitrogens with one attached hydrogen (secondary N) is 1. The summed E-state index contributed by atoms with van der Waals surface area (Å²) in [4.78, 5) is 3.47. The highest BCUT2D eigenvalue weighted by atomic mass is 32.1. The predicted octanol–water partition coefficient (Wildman–Crippen LogP) is 1.88. The molecule has 0 spiro atoms. The zero-order chi connectivity index (χ0) is 12.9. The molecule has 98 valence electrons. The van der Waals surface area contributed by atoms with Gasteiger partial charge in [0.15, 0.2) is 0 Å². The summed E-state index contributed by atoms with van der Waals surface area (Å²) in [5.41, 5.74) is 1.22. The molecule has 4 nitrogen and oxygen atoms in total. The van der Waals surface area contributed by atoms with Crippen molar-refractivity contribution in [2.75, 3.05) is 27.2 Å². The molecule has 0 aliphatic rings. The highest BCUT2D eigenvalue weighted by Crippen LogP contribution is 2.25. The summed E-state index contributed by atoms with van der Waals surface area (Å²) >= 11 is 1.51. The summed E-state index contributed by atoms with van der Waals surface area (Å²) in [5.74, 6) is 0. The van der Waals surface area contributed by atoms with Gasteiger partial charge in [0.1, 0.15) is 0 Å². The molecule has 1 heterocycles. The second-order valence-electron chi connectivity index (χ2n) is 5.63. The second kappa shape index (κ2) is 6.42. The second-order valence-corrected chi connectivity index (χ2v) is 6.47. The van der Waals surface area contributed by atoms with E-state index in [4.69, 9.17) is 0 Å². The van der Waals surface area contributed by atoms with E-state index in [9.17, 15) is 0 Å². The van der Waals surface area contributed by atoms with E-state index >= 15 is 0 Å². The SMILES string of the molecule is CN(C)CCCNCc1snnc1C(C)(C)C. The van der Waals surface area contributed by atoms with Gasteiger partial charge in [-0.1, -0.05) is 25.3 Å². The van der Waals surface area contributed by atoms with Gasteiger partial charge in [-0.05, 0) is 45.1 Å². The number of hydrogen-bond acceptors (Lipinski definition) is 5. The third-order valence-electron chi connectivity index (χ3n) is 2.51. The van der Waals surface area contributed by atoms with E-state index in [2.05, 4.69) is 54.7 Å². The van der Waals surface area contributed by atoms with E-state index in [1.54, 1.807) is 0 Å². The van der Waals surface area contributed by atoms with E-state index in [1.807, 2.05) is 0 Å². The van der Waals surface area contributed by atoms with Gasteiger partial charge < -0.3 is 10.2 Å². The lowest BCUT2D eigenvalue weighted by Crippen LogP contribution is -2.22. The molecule has 0 radical (unpaired) electrons. The fourth-order valence-electron chi connectivity index (χ4n) is 1.62. The molecule has 17 heavy (non-hydrogen) atoms. The largest absolute Gasteiger partial charge is 0.312 e. The highest BCUT2D eigenvalue weighted by Gasteiger charge is 2.21. The molecule has 0 bridgehead atoms. The van der Waals surface area contributed by atoms with Crippen LogP contribution in [0, 0.1) is 0 Å². The Bertz CT molecular complexity index is 327. The summed E-state index contributed by atoms with van der Waals surface area (Å²) in [6.07, 6.45) is 1.17. The fourth-order valence-corrected chi connectivity index (χ4v) is 2.44. The van der Waals surface area contributed by atoms with Crippen molar-refractivity contribution in [3.8, 4) is 0 Å². The van der Waals surface area contributed by atoms with Crippen molar-refractivity contribution in [2.45, 2.75) is 39.2 Å². The van der Waals surface area contributed by atoms with E-state index in [0.29, 0.717) is 0 Å². The molecule has 5 heteroatoms. The molecule has 1 N–H and O–H groups in total. The van der Waals surface area contributed by atoms with Crippen LogP contribution in [0.3, 0.4) is 0 Å². The maximum absolute atomic E-state index is 4.23. The van der Waals surface area contributed by atoms with Crippen LogP contribution in [0.5, 0.6) is 0 Å². The Morgan fingerprint density at radius 1 is 1.29 bits per heavy atom. The molecule has 1 aromatic heterocycles. The van der Waals surface area contributed by atoms with Gasteiger partial charge in [-0.25, -0.2) is 0 Å². The Morgan fingerprint density at radius 2 is 2.00 bits per heavy atom. The van der Waals surface area contributed by atoms with Gasteiger partial charge in [0.2, 0.25) is 0 Å². The standard InChI is InChI=1S/C12H24N4S/c1-12(2,3)11-10(17-15-14-11)9-13-7-6-8-16(4)5/h13H,6-9H2,1-5H3. The molecule has 0 aliphatic heterocycles. The van der Waals surface area contributed by atoms with Crippen LogP contribution >= 0.6 is 11.5 Å². The third kappa shape index (κ3) is 5.10. The molecular formula is C12H24N4S. The molecular weight excluding hydrogens is 232 g/mol. The van der Waals surface area contributed by atoms with Gasteiger partial charge in [-0.15, -0.1) is 5.10 Å². The number of nitrogens with zero attached hydrogens (tertiary/aromatic N) is 3. The van der Waals surface area contributed by atoms with Gasteiger partial charge >= 0.3 is 0 Å². The van der Waals surface area contributed by atoms with Crippen LogP contribution in [-0.2, 0) is 12.0 Å². The first-order valence-electron chi connectivity index (χ1n) is 6.08. The van der Waals surface area contributed by atoms with Gasteiger partial charge in [0, 0.05) is 12.0 Å². The van der Waals surface area contributed by atoms with Crippen molar-refractivity contribution in [1.29, 1.82) is 0 Å². The molecule has 1 rings (SSSR count). The van der Waals surface area contributed by atoms with Crippen molar-refractivity contribution in [3.05, 3.63) is 10.6 Å². The molecule has 0 atom stereocenters. The maximum Gasteiger partial charge on any atom is 0.0854 e. The minimum absolute atomic E-state index is 0.0909. The number of aromatic nitrogens is 2. The summed E-state index contributed by atoms with van der Waals surface area (Å²) < 4.78 is 4.06. The van der Waals surface area contributed by atoms with Gasteiger partial charge in [-0.2, -0.15) is 0 Å². The summed E-state index contributed by atoms with van der Waals surface area (Å²) in [5, 5.41) is 7.69. The van der Waals surface area contributed by atoms with Crippen LogP contribution in [0.4, 0.5) is 0 Å². The first-order valence-corrected chi connectivity index (χ1v) is 6.86. The smallest absolute Gasteiger partial charge is 0.0854 e.